The van der Waals surface area contributed by atoms with Crippen LogP contribution in [0.1, 0.15) is 27.2 Å². The Morgan fingerprint density at radius 1 is 1.19 bits per heavy atom. The van der Waals surface area contributed by atoms with E-state index < -0.39 is 9.52 Å². The molecule has 1 rings (SSSR count). The Kier molecular flexibility index (Phi) is 7.23. The van der Waals surface area contributed by atoms with Crippen molar-refractivity contribution in [3.63, 3.8) is 0 Å². The van der Waals surface area contributed by atoms with Gasteiger partial charge in [-0.1, -0.05) is 6.92 Å². The number of rotatable bonds is 10. The molecular weight excluding hydrogens is 224 g/mol. The van der Waals surface area contributed by atoms with Crippen LogP contribution < -0.4 is 0 Å². The molecule has 0 bridgehead atoms. The van der Waals surface area contributed by atoms with E-state index >= 15 is 0 Å². The van der Waals surface area contributed by atoms with Gasteiger partial charge < -0.3 is 18.9 Å². The fraction of sp³-hybridized carbons (Fsp3) is 1.00. The van der Waals surface area contributed by atoms with Crippen molar-refractivity contribution in [3.8, 4) is 0 Å². The van der Waals surface area contributed by atoms with Crippen molar-refractivity contribution in [1.82, 2.24) is 0 Å². The van der Waals surface area contributed by atoms with E-state index in [1.807, 2.05) is 13.8 Å². The molecule has 1 aliphatic rings. The van der Waals surface area contributed by atoms with Gasteiger partial charge in [0.25, 0.3) is 0 Å². The maximum absolute atomic E-state index is 5.82. The molecule has 16 heavy (non-hydrogen) atoms. The SMILES string of the molecule is CCOC(OCC)[SiH2]C(CC)OCC1CO1. The van der Waals surface area contributed by atoms with E-state index in [9.17, 15) is 0 Å². The zero-order valence-corrected chi connectivity index (χ0v) is 12.0. The quantitative estimate of drug-likeness (QED) is 0.323. The number of hydrogen-bond donors (Lipinski definition) is 0. The second kappa shape index (κ2) is 8.19. The molecule has 0 spiro atoms. The third kappa shape index (κ3) is 5.96. The minimum Gasteiger partial charge on any atom is -0.379 e. The predicted octanol–water partition coefficient (Wildman–Crippen LogP) is 0.663. The molecule has 2 atom stereocenters. The molecule has 0 amide bonds. The fourth-order valence-corrected chi connectivity index (χ4v) is 3.31. The van der Waals surface area contributed by atoms with E-state index in [0.717, 1.165) is 19.6 Å². The third-order valence-corrected chi connectivity index (χ3v) is 4.73. The van der Waals surface area contributed by atoms with Crippen LogP contribution in [-0.2, 0) is 18.9 Å². The van der Waals surface area contributed by atoms with Crippen LogP contribution in [0.25, 0.3) is 0 Å². The van der Waals surface area contributed by atoms with Crippen LogP contribution in [0, 0.1) is 0 Å². The second-order valence-corrected chi connectivity index (χ2v) is 5.94. The molecule has 2 unspecified atom stereocenters. The molecule has 5 heteroatoms. The van der Waals surface area contributed by atoms with E-state index in [-0.39, 0.29) is 5.91 Å². The average molecular weight is 248 g/mol. The van der Waals surface area contributed by atoms with Gasteiger partial charge in [0.2, 0.25) is 0 Å². The molecule has 96 valence electrons. The highest BCUT2D eigenvalue weighted by Crippen LogP contribution is 2.11. The minimum absolute atomic E-state index is 0.0000661. The van der Waals surface area contributed by atoms with Crippen LogP contribution in [-0.4, -0.2) is 53.7 Å². The summed E-state index contributed by atoms with van der Waals surface area (Å²) in [6, 6.07) is 0. The lowest BCUT2D eigenvalue weighted by molar-refractivity contribution is -0.0867. The van der Waals surface area contributed by atoms with Crippen molar-refractivity contribution in [2.24, 2.45) is 0 Å². The molecule has 0 saturated carbocycles. The Bertz CT molecular complexity index is 169. The smallest absolute Gasteiger partial charge is 0.137 e. The van der Waals surface area contributed by atoms with E-state index in [2.05, 4.69) is 6.92 Å². The van der Waals surface area contributed by atoms with Gasteiger partial charge in [-0.2, -0.15) is 0 Å². The van der Waals surface area contributed by atoms with Crippen LogP contribution in [0.2, 0.25) is 0 Å². The number of hydrogen-bond acceptors (Lipinski definition) is 4. The van der Waals surface area contributed by atoms with E-state index in [1.54, 1.807) is 0 Å². The largest absolute Gasteiger partial charge is 0.379 e. The predicted molar refractivity (Wildman–Crippen MR) is 65.4 cm³/mol. The van der Waals surface area contributed by atoms with Gasteiger partial charge in [0, 0.05) is 18.9 Å². The standard InChI is InChI=1S/C11H24O4Si/c1-4-10(15-8-9-7-14-9)16-11(12-5-2)13-6-3/h9-11H,4-8,16H2,1-3H3. The number of ether oxygens (including phenoxy) is 4. The Morgan fingerprint density at radius 3 is 2.25 bits per heavy atom. The van der Waals surface area contributed by atoms with Gasteiger partial charge >= 0.3 is 0 Å². The lowest BCUT2D eigenvalue weighted by Gasteiger charge is -2.22. The van der Waals surface area contributed by atoms with Crippen LogP contribution in [0.15, 0.2) is 0 Å². The monoisotopic (exact) mass is 248 g/mol. The Morgan fingerprint density at radius 2 is 1.81 bits per heavy atom. The molecule has 4 nitrogen and oxygen atoms in total. The van der Waals surface area contributed by atoms with Gasteiger partial charge in [-0.05, 0) is 20.3 Å². The van der Waals surface area contributed by atoms with Crippen molar-refractivity contribution < 1.29 is 18.9 Å². The Labute approximate surface area is 100 Å². The molecule has 0 N–H and O–H groups in total. The molecule has 0 aliphatic carbocycles. The summed E-state index contributed by atoms with van der Waals surface area (Å²) < 4.78 is 22.1. The van der Waals surface area contributed by atoms with E-state index in [0.29, 0.717) is 25.0 Å². The number of epoxide rings is 1. The summed E-state index contributed by atoms with van der Waals surface area (Å²) in [6.45, 7) is 9.16. The van der Waals surface area contributed by atoms with E-state index in [1.165, 1.54) is 0 Å². The van der Waals surface area contributed by atoms with Crippen LogP contribution in [0.4, 0.5) is 0 Å². The molecule has 1 saturated heterocycles. The van der Waals surface area contributed by atoms with Crippen molar-refractivity contribution in [2.45, 2.75) is 44.9 Å². The van der Waals surface area contributed by atoms with Gasteiger partial charge in [0.05, 0.1) is 13.2 Å². The van der Waals surface area contributed by atoms with Gasteiger partial charge in [-0.15, -0.1) is 0 Å². The van der Waals surface area contributed by atoms with Gasteiger partial charge in [-0.25, -0.2) is 0 Å². The summed E-state index contributed by atoms with van der Waals surface area (Å²) in [5, 5.41) is 0. The van der Waals surface area contributed by atoms with Crippen molar-refractivity contribution >= 4 is 9.52 Å². The van der Waals surface area contributed by atoms with Crippen molar-refractivity contribution in [1.29, 1.82) is 0 Å². The Hall–Kier alpha value is 0.0569. The van der Waals surface area contributed by atoms with E-state index in [4.69, 9.17) is 18.9 Å². The topological polar surface area (TPSA) is 40.2 Å². The lowest BCUT2D eigenvalue weighted by atomic mass is 10.5. The first-order valence-corrected chi connectivity index (χ1v) is 7.89. The van der Waals surface area contributed by atoms with Crippen LogP contribution in [0.3, 0.4) is 0 Å². The highest BCUT2D eigenvalue weighted by atomic mass is 28.2. The van der Waals surface area contributed by atoms with Gasteiger partial charge in [-0.3, -0.25) is 0 Å². The molecule has 1 heterocycles. The zero-order valence-electron chi connectivity index (χ0n) is 10.6. The van der Waals surface area contributed by atoms with Crippen molar-refractivity contribution in [3.05, 3.63) is 0 Å². The maximum atomic E-state index is 5.82. The molecule has 1 aliphatic heterocycles. The summed E-state index contributed by atoms with van der Waals surface area (Å²) >= 11 is 0. The summed E-state index contributed by atoms with van der Waals surface area (Å²) in [6.07, 6.45) is 1.39. The first kappa shape index (κ1) is 14.1. The van der Waals surface area contributed by atoms with Crippen molar-refractivity contribution in [2.75, 3.05) is 26.4 Å². The highest BCUT2D eigenvalue weighted by molar-refractivity contribution is 6.38. The van der Waals surface area contributed by atoms with Crippen LogP contribution >= 0.6 is 0 Å². The summed E-state index contributed by atoms with van der Waals surface area (Å²) in [5.41, 5.74) is 0.340. The normalized spacial score (nSPS) is 22.1. The fourth-order valence-electron chi connectivity index (χ4n) is 1.53. The Balaban J connectivity index is 2.20. The third-order valence-electron chi connectivity index (χ3n) is 2.54. The lowest BCUT2D eigenvalue weighted by Crippen LogP contribution is -2.35. The first-order chi connectivity index (χ1) is 7.80. The summed E-state index contributed by atoms with van der Waals surface area (Å²) in [5.74, 6) is 0.0000661. The van der Waals surface area contributed by atoms with Gasteiger partial charge in [0.1, 0.15) is 21.5 Å². The molecule has 0 radical (unpaired) electrons. The van der Waals surface area contributed by atoms with Gasteiger partial charge in [0.15, 0.2) is 0 Å². The first-order valence-electron chi connectivity index (χ1n) is 6.26. The molecule has 1 fully saturated rings. The zero-order chi connectivity index (χ0) is 11.8. The minimum atomic E-state index is -0.520. The summed E-state index contributed by atoms with van der Waals surface area (Å²) in [7, 11) is -0.520. The average Bonchev–Trinajstić information content (AvgIpc) is 3.08. The maximum Gasteiger partial charge on any atom is 0.137 e. The second-order valence-electron chi connectivity index (χ2n) is 3.89. The molecule has 0 aromatic carbocycles. The highest BCUT2D eigenvalue weighted by Gasteiger charge is 2.25. The molecule has 0 aromatic heterocycles. The molecular formula is C11H24O4Si. The summed E-state index contributed by atoms with van der Waals surface area (Å²) in [4.78, 5) is 0. The molecule has 0 aromatic rings. The van der Waals surface area contributed by atoms with Crippen LogP contribution in [0.5, 0.6) is 0 Å².